The Labute approximate surface area is 117 Å². The first-order valence-corrected chi connectivity index (χ1v) is 7.07. The second kappa shape index (κ2) is 8.05. The predicted octanol–water partition coefficient (Wildman–Crippen LogP) is 3.79. The topological polar surface area (TPSA) is 30.5 Å². The van der Waals surface area contributed by atoms with E-state index in [2.05, 4.69) is 32.2 Å². The summed E-state index contributed by atoms with van der Waals surface area (Å²) in [6.07, 6.45) is 2.30. The Hall–Kier alpha value is -1.22. The fourth-order valence-corrected chi connectivity index (χ4v) is 2.23. The van der Waals surface area contributed by atoms with Gasteiger partial charge in [-0.3, -0.25) is 0 Å². The molecule has 0 radical (unpaired) electrons. The summed E-state index contributed by atoms with van der Waals surface area (Å²) in [5.74, 6) is 2.51. The van der Waals surface area contributed by atoms with Crippen molar-refractivity contribution in [3.8, 4) is 11.5 Å². The third kappa shape index (κ3) is 4.75. The van der Waals surface area contributed by atoms with Gasteiger partial charge in [0.15, 0.2) is 0 Å². The number of nitrogens with one attached hydrogen (secondary N) is 1. The Kier molecular flexibility index (Phi) is 6.71. The van der Waals surface area contributed by atoms with E-state index in [1.165, 1.54) is 12.0 Å². The zero-order valence-electron chi connectivity index (χ0n) is 12.8. The number of ether oxygens (including phenoxy) is 2. The molecule has 1 rings (SSSR count). The zero-order valence-corrected chi connectivity index (χ0v) is 12.8. The summed E-state index contributed by atoms with van der Waals surface area (Å²) in [4.78, 5) is 0. The lowest BCUT2D eigenvalue weighted by Gasteiger charge is -2.22. The number of hydrogen-bond acceptors (Lipinski definition) is 3. The first-order chi connectivity index (χ1) is 9.12. The summed E-state index contributed by atoms with van der Waals surface area (Å²) in [7, 11) is 3.42. The number of rotatable bonds is 8. The minimum absolute atomic E-state index is 0.317. The van der Waals surface area contributed by atoms with E-state index in [0.29, 0.717) is 12.0 Å². The first-order valence-electron chi connectivity index (χ1n) is 7.07. The molecule has 1 N–H and O–H groups in total. The molecule has 108 valence electrons. The lowest BCUT2D eigenvalue weighted by molar-refractivity contribution is 0.380. The molecule has 0 bridgehead atoms. The largest absolute Gasteiger partial charge is 0.497 e. The molecule has 1 aromatic rings. The maximum Gasteiger partial charge on any atom is 0.123 e. The van der Waals surface area contributed by atoms with Crippen LogP contribution in [-0.2, 0) is 0 Å². The van der Waals surface area contributed by atoms with Gasteiger partial charge in [0.05, 0.1) is 14.2 Å². The Balaban J connectivity index is 2.97. The molecule has 0 aliphatic carbocycles. The van der Waals surface area contributed by atoms with E-state index < -0.39 is 0 Å². The second-order valence-electron chi connectivity index (χ2n) is 5.19. The van der Waals surface area contributed by atoms with Crippen LogP contribution in [0.15, 0.2) is 18.2 Å². The molecule has 1 aromatic carbocycles. The monoisotopic (exact) mass is 265 g/mol. The van der Waals surface area contributed by atoms with Crippen molar-refractivity contribution in [2.24, 2.45) is 5.92 Å². The lowest BCUT2D eigenvalue weighted by atomic mass is 9.96. The van der Waals surface area contributed by atoms with Crippen LogP contribution >= 0.6 is 0 Å². The minimum Gasteiger partial charge on any atom is -0.497 e. The molecule has 0 saturated carbocycles. The highest BCUT2D eigenvalue weighted by molar-refractivity contribution is 5.42. The summed E-state index contributed by atoms with van der Waals surface area (Å²) in [6.45, 7) is 7.59. The molecule has 0 fully saturated rings. The van der Waals surface area contributed by atoms with Crippen molar-refractivity contribution in [1.29, 1.82) is 0 Å². The van der Waals surface area contributed by atoms with Crippen LogP contribution in [0.4, 0.5) is 0 Å². The molecule has 1 unspecified atom stereocenters. The summed E-state index contributed by atoms with van der Waals surface area (Å²) >= 11 is 0. The first kappa shape index (κ1) is 15.8. The highest BCUT2D eigenvalue weighted by Crippen LogP contribution is 2.32. The van der Waals surface area contributed by atoms with Gasteiger partial charge in [-0.05, 0) is 43.5 Å². The molecule has 1 atom stereocenters. The molecule has 0 amide bonds. The van der Waals surface area contributed by atoms with E-state index in [9.17, 15) is 0 Å². The highest BCUT2D eigenvalue weighted by Gasteiger charge is 2.16. The fraction of sp³-hybridized carbons (Fsp3) is 0.625. The Morgan fingerprint density at radius 1 is 1.11 bits per heavy atom. The smallest absolute Gasteiger partial charge is 0.123 e. The van der Waals surface area contributed by atoms with Crippen molar-refractivity contribution < 1.29 is 9.47 Å². The SMILES string of the molecule is CCNC(CCC(C)C)c1cc(OC)ccc1OC. The van der Waals surface area contributed by atoms with Gasteiger partial charge in [-0.15, -0.1) is 0 Å². The maximum atomic E-state index is 5.48. The van der Waals surface area contributed by atoms with E-state index in [-0.39, 0.29) is 0 Å². The summed E-state index contributed by atoms with van der Waals surface area (Å²) in [5, 5.41) is 3.54. The van der Waals surface area contributed by atoms with E-state index >= 15 is 0 Å². The van der Waals surface area contributed by atoms with Gasteiger partial charge in [0.25, 0.3) is 0 Å². The fourth-order valence-electron chi connectivity index (χ4n) is 2.23. The third-order valence-corrected chi connectivity index (χ3v) is 3.30. The summed E-state index contributed by atoms with van der Waals surface area (Å²) in [6, 6.07) is 6.31. The van der Waals surface area contributed by atoms with Gasteiger partial charge in [-0.2, -0.15) is 0 Å². The van der Waals surface area contributed by atoms with Crippen LogP contribution in [-0.4, -0.2) is 20.8 Å². The van der Waals surface area contributed by atoms with Crippen molar-refractivity contribution in [2.75, 3.05) is 20.8 Å². The second-order valence-corrected chi connectivity index (χ2v) is 5.19. The van der Waals surface area contributed by atoms with Crippen LogP contribution in [0.5, 0.6) is 11.5 Å². The molecule has 0 saturated heterocycles. The maximum absolute atomic E-state index is 5.48. The molecule has 0 heterocycles. The van der Waals surface area contributed by atoms with E-state index in [4.69, 9.17) is 9.47 Å². The summed E-state index contributed by atoms with van der Waals surface area (Å²) in [5.41, 5.74) is 1.18. The van der Waals surface area contributed by atoms with Crippen molar-refractivity contribution >= 4 is 0 Å². The molecule has 19 heavy (non-hydrogen) atoms. The van der Waals surface area contributed by atoms with Crippen LogP contribution < -0.4 is 14.8 Å². The van der Waals surface area contributed by atoms with Gasteiger partial charge in [0.2, 0.25) is 0 Å². The zero-order chi connectivity index (χ0) is 14.3. The van der Waals surface area contributed by atoms with Gasteiger partial charge in [0.1, 0.15) is 11.5 Å². The van der Waals surface area contributed by atoms with Crippen LogP contribution in [0.1, 0.15) is 45.2 Å². The van der Waals surface area contributed by atoms with Gasteiger partial charge < -0.3 is 14.8 Å². The molecule has 3 nitrogen and oxygen atoms in total. The van der Waals surface area contributed by atoms with Gasteiger partial charge in [-0.1, -0.05) is 20.8 Å². The minimum atomic E-state index is 0.317. The Morgan fingerprint density at radius 3 is 2.37 bits per heavy atom. The molecule has 0 aromatic heterocycles. The van der Waals surface area contributed by atoms with E-state index in [1.54, 1.807) is 14.2 Å². The van der Waals surface area contributed by atoms with Crippen LogP contribution in [0, 0.1) is 5.92 Å². The highest BCUT2D eigenvalue weighted by atomic mass is 16.5. The van der Waals surface area contributed by atoms with Gasteiger partial charge in [0, 0.05) is 11.6 Å². The Morgan fingerprint density at radius 2 is 1.84 bits per heavy atom. The van der Waals surface area contributed by atoms with E-state index in [1.807, 2.05) is 12.1 Å². The normalized spacial score (nSPS) is 12.5. The average molecular weight is 265 g/mol. The number of methoxy groups -OCH3 is 2. The molecule has 0 spiro atoms. The van der Waals surface area contributed by atoms with Crippen molar-refractivity contribution in [1.82, 2.24) is 5.32 Å². The van der Waals surface area contributed by atoms with Crippen molar-refractivity contribution in [3.63, 3.8) is 0 Å². The average Bonchev–Trinajstić information content (AvgIpc) is 2.42. The molecule has 0 aliphatic heterocycles. The molecule has 3 heteroatoms. The van der Waals surface area contributed by atoms with Crippen LogP contribution in [0.2, 0.25) is 0 Å². The number of hydrogen-bond donors (Lipinski definition) is 1. The van der Waals surface area contributed by atoms with Crippen molar-refractivity contribution in [3.05, 3.63) is 23.8 Å². The molecule has 0 aliphatic rings. The third-order valence-electron chi connectivity index (χ3n) is 3.30. The quantitative estimate of drug-likeness (QED) is 0.775. The Bertz CT molecular complexity index is 377. The number of benzene rings is 1. The van der Waals surface area contributed by atoms with Crippen molar-refractivity contribution in [2.45, 2.75) is 39.7 Å². The van der Waals surface area contributed by atoms with Gasteiger partial charge >= 0.3 is 0 Å². The predicted molar refractivity (Wildman–Crippen MR) is 80.0 cm³/mol. The van der Waals surface area contributed by atoms with Crippen LogP contribution in [0.25, 0.3) is 0 Å². The summed E-state index contributed by atoms with van der Waals surface area (Å²) < 4.78 is 10.8. The standard InChI is InChI=1S/C16H27NO2/c1-6-17-15(9-7-12(2)3)14-11-13(18-4)8-10-16(14)19-5/h8,10-12,15,17H,6-7,9H2,1-5H3. The lowest BCUT2D eigenvalue weighted by Crippen LogP contribution is -2.22. The van der Waals surface area contributed by atoms with E-state index in [0.717, 1.165) is 24.5 Å². The molecular formula is C16H27NO2. The molecular weight excluding hydrogens is 238 g/mol. The van der Waals surface area contributed by atoms with Crippen LogP contribution in [0.3, 0.4) is 0 Å². The van der Waals surface area contributed by atoms with Gasteiger partial charge in [-0.25, -0.2) is 0 Å².